The molecule has 0 N–H and O–H groups in total. The van der Waals surface area contributed by atoms with E-state index in [-0.39, 0.29) is 11.6 Å². The summed E-state index contributed by atoms with van der Waals surface area (Å²) < 4.78 is 45.7. The highest BCUT2D eigenvalue weighted by Crippen LogP contribution is 2.39. The second-order valence-electron chi connectivity index (χ2n) is 5.70. The zero-order valence-corrected chi connectivity index (χ0v) is 13.1. The smallest absolute Gasteiger partial charge is 0.418 e. The molecule has 128 valence electrons. The molecule has 2 heterocycles. The molecule has 1 amide bonds. The van der Waals surface area contributed by atoms with Gasteiger partial charge in [0.2, 0.25) is 5.91 Å². The lowest BCUT2D eigenvalue weighted by molar-refractivity contribution is -0.137. The fraction of sp³-hybridized carbons (Fsp3) is 0.353. The number of furan rings is 1. The van der Waals surface area contributed by atoms with Crippen LogP contribution in [-0.2, 0) is 11.0 Å². The molecule has 0 unspecified atom stereocenters. The van der Waals surface area contributed by atoms with Crippen molar-refractivity contribution in [3.63, 3.8) is 0 Å². The number of anilines is 1. The van der Waals surface area contributed by atoms with E-state index in [1.807, 2.05) is 0 Å². The van der Waals surface area contributed by atoms with Gasteiger partial charge in [-0.1, -0.05) is 0 Å². The third kappa shape index (κ3) is 3.25. The average molecular weight is 338 g/mol. The molecule has 1 fully saturated rings. The Balaban J connectivity index is 1.92. The molecule has 0 spiro atoms. The van der Waals surface area contributed by atoms with Crippen LogP contribution in [0, 0.1) is 0 Å². The number of hydrogen-bond acceptors (Lipinski definition) is 3. The standard InChI is InChI=1S/C17H17F3N2O2/c1-12(23)21-6-8-22(9-7-21)15-5-4-13(16-3-2-10-24-16)11-14(15)17(18,19)20/h2-5,10-11H,6-9H2,1H3. The van der Waals surface area contributed by atoms with Gasteiger partial charge in [0.05, 0.1) is 11.8 Å². The Hall–Kier alpha value is -2.44. The van der Waals surface area contributed by atoms with Crippen LogP contribution in [0.3, 0.4) is 0 Å². The zero-order valence-electron chi connectivity index (χ0n) is 13.1. The summed E-state index contributed by atoms with van der Waals surface area (Å²) in [5, 5.41) is 0. The van der Waals surface area contributed by atoms with Gasteiger partial charge in [0.1, 0.15) is 5.76 Å². The molecule has 3 rings (SSSR count). The number of carbonyl (C=O) groups excluding carboxylic acids is 1. The van der Waals surface area contributed by atoms with E-state index in [0.717, 1.165) is 6.07 Å². The van der Waals surface area contributed by atoms with E-state index in [0.29, 0.717) is 37.5 Å². The van der Waals surface area contributed by atoms with E-state index in [2.05, 4.69) is 0 Å². The van der Waals surface area contributed by atoms with Crippen LogP contribution >= 0.6 is 0 Å². The summed E-state index contributed by atoms with van der Waals surface area (Å²) in [6.07, 6.45) is -3.03. The second-order valence-corrected chi connectivity index (χ2v) is 5.70. The predicted octanol–water partition coefficient (Wildman–Crippen LogP) is 3.63. The minimum absolute atomic E-state index is 0.0566. The van der Waals surface area contributed by atoms with Crippen LogP contribution < -0.4 is 4.90 Å². The number of amides is 1. The van der Waals surface area contributed by atoms with E-state index >= 15 is 0 Å². The first-order chi connectivity index (χ1) is 11.4. The fourth-order valence-electron chi connectivity index (χ4n) is 2.90. The highest BCUT2D eigenvalue weighted by atomic mass is 19.4. The van der Waals surface area contributed by atoms with Crippen LogP contribution in [0.4, 0.5) is 18.9 Å². The van der Waals surface area contributed by atoms with Crippen molar-refractivity contribution in [3.05, 3.63) is 42.2 Å². The topological polar surface area (TPSA) is 36.7 Å². The molecule has 1 aliphatic rings. The molecule has 0 aliphatic carbocycles. The number of carbonyl (C=O) groups is 1. The Labute approximate surface area is 137 Å². The molecule has 0 saturated carbocycles. The van der Waals surface area contributed by atoms with E-state index in [1.54, 1.807) is 28.0 Å². The molecule has 24 heavy (non-hydrogen) atoms. The fourth-order valence-corrected chi connectivity index (χ4v) is 2.90. The molecule has 1 saturated heterocycles. The summed E-state index contributed by atoms with van der Waals surface area (Å²) in [6.45, 7) is 3.07. The number of alkyl halides is 3. The van der Waals surface area contributed by atoms with Crippen LogP contribution in [0.15, 0.2) is 41.0 Å². The van der Waals surface area contributed by atoms with Gasteiger partial charge >= 0.3 is 6.18 Å². The third-order valence-corrected chi connectivity index (χ3v) is 4.17. The summed E-state index contributed by atoms with van der Waals surface area (Å²) in [4.78, 5) is 14.7. The molecule has 7 heteroatoms. The molecule has 1 aromatic heterocycles. The number of hydrogen-bond donors (Lipinski definition) is 0. The molecule has 2 aromatic rings. The molecule has 4 nitrogen and oxygen atoms in total. The molecule has 0 bridgehead atoms. The number of rotatable bonds is 2. The highest BCUT2D eigenvalue weighted by Gasteiger charge is 2.36. The number of piperazine rings is 1. The Morgan fingerprint density at radius 3 is 2.38 bits per heavy atom. The maximum absolute atomic E-state index is 13.5. The first-order valence-corrected chi connectivity index (χ1v) is 7.62. The molecular formula is C17H17F3N2O2. The first-order valence-electron chi connectivity index (χ1n) is 7.62. The van der Waals surface area contributed by atoms with E-state index in [4.69, 9.17) is 4.42 Å². The monoisotopic (exact) mass is 338 g/mol. The minimum atomic E-state index is -4.46. The van der Waals surface area contributed by atoms with Crippen molar-refractivity contribution < 1.29 is 22.4 Å². The SMILES string of the molecule is CC(=O)N1CCN(c2ccc(-c3ccco3)cc2C(F)(F)F)CC1. The van der Waals surface area contributed by atoms with Gasteiger partial charge in [-0.3, -0.25) is 4.79 Å². The van der Waals surface area contributed by atoms with Gasteiger partial charge in [0, 0.05) is 44.4 Å². The van der Waals surface area contributed by atoms with E-state index < -0.39 is 11.7 Å². The van der Waals surface area contributed by atoms with Gasteiger partial charge < -0.3 is 14.2 Å². The van der Waals surface area contributed by atoms with Crippen LogP contribution in [-0.4, -0.2) is 37.0 Å². The number of halogens is 3. The van der Waals surface area contributed by atoms with Gasteiger partial charge in [-0.15, -0.1) is 0 Å². The normalized spacial score (nSPS) is 15.7. The Bertz CT molecular complexity index is 718. The lowest BCUT2D eigenvalue weighted by Crippen LogP contribution is -2.48. The Morgan fingerprint density at radius 2 is 1.83 bits per heavy atom. The van der Waals surface area contributed by atoms with Crippen LogP contribution in [0.5, 0.6) is 0 Å². The number of benzene rings is 1. The highest BCUT2D eigenvalue weighted by molar-refractivity contribution is 5.74. The van der Waals surface area contributed by atoms with Gasteiger partial charge in [0.15, 0.2) is 0 Å². The van der Waals surface area contributed by atoms with Gasteiger partial charge in [-0.25, -0.2) is 0 Å². The van der Waals surface area contributed by atoms with E-state index in [9.17, 15) is 18.0 Å². The minimum Gasteiger partial charge on any atom is -0.464 e. The molecule has 1 aliphatic heterocycles. The van der Waals surface area contributed by atoms with Crippen LogP contribution in [0.25, 0.3) is 11.3 Å². The van der Waals surface area contributed by atoms with Crippen molar-refractivity contribution >= 4 is 11.6 Å². The van der Waals surface area contributed by atoms with Crippen LogP contribution in [0.2, 0.25) is 0 Å². The van der Waals surface area contributed by atoms with E-state index in [1.165, 1.54) is 19.3 Å². The lowest BCUT2D eigenvalue weighted by atomic mass is 10.0. The number of nitrogens with zero attached hydrogens (tertiary/aromatic N) is 2. The Kier molecular flexibility index (Phi) is 4.26. The van der Waals surface area contributed by atoms with Gasteiger partial charge in [0.25, 0.3) is 0 Å². The van der Waals surface area contributed by atoms with Crippen molar-refractivity contribution in [3.8, 4) is 11.3 Å². The second kappa shape index (κ2) is 6.22. The largest absolute Gasteiger partial charge is 0.464 e. The summed E-state index contributed by atoms with van der Waals surface area (Å²) in [5.41, 5.74) is -0.160. The first kappa shape index (κ1) is 16.4. The quantitative estimate of drug-likeness (QED) is 0.839. The van der Waals surface area contributed by atoms with Gasteiger partial charge in [-0.2, -0.15) is 13.2 Å². The summed E-state index contributed by atoms with van der Waals surface area (Å²) >= 11 is 0. The average Bonchev–Trinajstić information content (AvgIpc) is 3.08. The van der Waals surface area contributed by atoms with Crippen molar-refractivity contribution in [2.75, 3.05) is 31.1 Å². The van der Waals surface area contributed by atoms with Crippen molar-refractivity contribution in [1.29, 1.82) is 0 Å². The lowest BCUT2D eigenvalue weighted by Gasteiger charge is -2.36. The third-order valence-electron chi connectivity index (χ3n) is 4.17. The maximum atomic E-state index is 13.5. The summed E-state index contributed by atoms with van der Waals surface area (Å²) in [7, 11) is 0. The molecule has 0 atom stereocenters. The van der Waals surface area contributed by atoms with Crippen molar-refractivity contribution in [1.82, 2.24) is 4.90 Å². The van der Waals surface area contributed by atoms with Crippen molar-refractivity contribution in [2.45, 2.75) is 13.1 Å². The summed E-state index contributed by atoms with van der Waals surface area (Å²) in [5.74, 6) is 0.340. The van der Waals surface area contributed by atoms with Gasteiger partial charge in [-0.05, 0) is 30.3 Å². The zero-order chi connectivity index (χ0) is 17.3. The predicted molar refractivity (Wildman–Crippen MR) is 83.6 cm³/mol. The Morgan fingerprint density at radius 1 is 1.12 bits per heavy atom. The van der Waals surface area contributed by atoms with Crippen LogP contribution in [0.1, 0.15) is 12.5 Å². The summed E-state index contributed by atoms with van der Waals surface area (Å²) in [6, 6.07) is 7.48. The molecular weight excluding hydrogens is 321 g/mol. The molecule has 0 radical (unpaired) electrons. The maximum Gasteiger partial charge on any atom is 0.418 e. The van der Waals surface area contributed by atoms with Crippen molar-refractivity contribution in [2.24, 2.45) is 0 Å². The molecule has 1 aromatic carbocycles.